The van der Waals surface area contributed by atoms with Crippen molar-refractivity contribution in [3.05, 3.63) is 29.8 Å². The molecule has 166 valence electrons. The highest BCUT2D eigenvalue weighted by molar-refractivity contribution is 7.89. The summed E-state index contributed by atoms with van der Waals surface area (Å²) in [5.74, 6) is -0.338. The lowest BCUT2D eigenvalue weighted by atomic mass is 10.2. The van der Waals surface area contributed by atoms with Crippen LogP contribution in [0.2, 0.25) is 0 Å². The zero-order valence-electron chi connectivity index (χ0n) is 17.4. The van der Waals surface area contributed by atoms with Crippen molar-refractivity contribution in [2.45, 2.75) is 18.2 Å². The molecule has 0 bridgehead atoms. The molecule has 2 aliphatic rings. The van der Waals surface area contributed by atoms with E-state index in [0.29, 0.717) is 25.2 Å². The Morgan fingerprint density at radius 1 is 1.07 bits per heavy atom. The van der Waals surface area contributed by atoms with Gasteiger partial charge < -0.3 is 15.0 Å². The molecule has 3 rings (SSSR count). The van der Waals surface area contributed by atoms with Crippen molar-refractivity contribution >= 4 is 21.8 Å². The van der Waals surface area contributed by atoms with Crippen LogP contribution in [0.15, 0.2) is 29.2 Å². The maximum absolute atomic E-state index is 12.9. The highest BCUT2D eigenvalue weighted by Crippen LogP contribution is 2.19. The van der Waals surface area contributed by atoms with Gasteiger partial charge in [-0.1, -0.05) is 6.07 Å². The van der Waals surface area contributed by atoms with E-state index in [1.54, 1.807) is 17.0 Å². The molecule has 0 unspecified atom stereocenters. The minimum atomic E-state index is -3.71. The Kier molecular flexibility index (Phi) is 7.81. The summed E-state index contributed by atoms with van der Waals surface area (Å²) in [6.45, 7) is 7.46. The van der Waals surface area contributed by atoms with Gasteiger partial charge in [0.1, 0.15) is 0 Å². The van der Waals surface area contributed by atoms with Crippen LogP contribution in [-0.2, 0) is 19.6 Å². The third-order valence-corrected chi connectivity index (χ3v) is 7.35. The van der Waals surface area contributed by atoms with Crippen molar-refractivity contribution in [2.24, 2.45) is 0 Å². The number of ether oxygens (including phenoxy) is 1. The lowest BCUT2D eigenvalue weighted by Gasteiger charge is -2.33. The summed E-state index contributed by atoms with van der Waals surface area (Å²) >= 11 is 0. The highest BCUT2D eigenvalue weighted by atomic mass is 32.2. The Bertz CT molecular complexity index is 847. The van der Waals surface area contributed by atoms with Gasteiger partial charge in [0.2, 0.25) is 15.9 Å². The zero-order chi connectivity index (χ0) is 21.6. The first-order valence-electron chi connectivity index (χ1n) is 10.3. The predicted molar refractivity (Wildman–Crippen MR) is 112 cm³/mol. The normalized spacial score (nSPS) is 18.9. The van der Waals surface area contributed by atoms with E-state index in [0.717, 1.165) is 39.3 Å². The molecule has 0 radical (unpaired) electrons. The number of nitrogens with zero attached hydrogens (tertiary/aromatic N) is 3. The molecule has 0 spiro atoms. The predicted octanol–water partition coefficient (Wildman–Crippen LogP) is -0.00850. The number of carbonyl (C=O) groups is 2. The maximum Gasteiger partial charge on any atom is 0.251 e. The first kappa shape index (κ1) is 22.7. The Hall–Kier alpha value is -2.01. The van der Waals surface area contributed by atoms with E-state index in [4.69, 9.17) is 4.74 Å². The van der Waals surface area contributed by atoms with Crippen LogP contribution in [0.1, 0.15) is 23.7 Å². The van der Waals surface area contributed by atoms with Gasteiger partial charge in [0.15, 0.2) is 0 Å². The Balaban J connectivity index is 1.54. The number of nitrogens with one attached hydrogen (secondary N) is 1. The second kappa shape index (κ2) is 10.3. The topological polar surface area (TPSA) is 99.3 Å². The Labute approximate surface area is 178 Å². The lowest BCUT2D eigenvalue weighted by molar-refractivity contribution is -0.129. The third kappa shape index (κ3) is 5.78. The van der Waals surface area contributed by atoms with Gasteiger partial charge in [-0.2, -0.15) is 4.31 Å². The summed E-state index contributed by atoms with van der Waals surface area (Å²) in [7, 11) is -3.71. The van der Waals surface area contributed by atoms with Crippen molar-refractivity contribution in [3.8, 4) is 0 Å². The first-order chi connectivity index (χ1) is 14.4. The number of benzene rings is 1. The molecule has 0 aromatic heterocycles. The maximum atomic E-state index is 12.9. The molecular formula is C20H30N4O5S. The average molecular weight is 439 g/mol. The smallest absolute Gasteiger partial charge is 0.251 e. The molecule has 10 heteroatoms. The Morgan fingerprint density at radius 2 is 1.77 bits per heavy atom. The minimum absolute atomic E-state index is 0.0562. The number of hydrogen-bond donors (Lipinski definition) is 1. The lowest BCUT2D eigenvalue weighted by Crippen LogP contribution is -2.49. The van der Waals surface area contributed by atoms with Crippen molar-refractivity contribution in [1.82, 2.24) is 19.4 Å². The number of amides is 2. The molecule has 2 amide bonds. The van der Waals surface area contributed by atoms with Crippen LogP contribution in [0.3, 0.4) is 0 Å². The molecule has 0 aliphatic carbocycles. The van der Waals surface area contributed by atoms with Crippen molar-refractivity contribution in [1.29, 1.82) is 0 Å². The average Bonchev–Trinajstić information content (AvgIpc) is 2.77. The second-order valence-electron chi connectivity index (χ2n) is 7.50. The van der Waals surface area contributed by atoms with Crippen LogP contribution in [0.4, 0.5) is 0 Å². The molecule has 2 saturated heterocycles. The van der Waals surface area contributed by atoms with Gasteiger partial charge >= 0.3 is 0 Å². The SMILES string of the molecule is CC(=O)N1CCN(S(=O)(=O)c2cccc(C(=O)NCCCN3CCOCC3)c2)CC1. The Morgan fingerprint density at radius 3 is 2.43 bits per heavy atom. The third-order valence-electron chi connectivity index (χ3n) is 5.46. The molecule has 1 aromatic rings. The van der Waals surface area contributed by atoms with Gasteiger partial charge in [0.25, 0.3) is 5.91 Å². The van der Waals surface area contributed by atoms with Crippen LogP contribution in [0, 0.1) is 0 Å². The van der Waals surface area contributed by atoms with Gasteiger partial charge in [-0.25, -0.2) is 8.42 Å². The zero-order valence-corrected chi connectivity index (χ0v) is 18.2. The van der Waals surface area contributed by atoms with E-state index < -0.39 is 10.0 Å². The first-order valence-corrected chi connectivity index (χ1v) is 11.8. The van der Waals surface area contributed by atoms with Crippen LogP contribution in [0.25, 0.3) is 0 Å². The number of carbonyl (C=O) groups excluding carboxylic acids is 2. The molecule has 2 aliphatic heterocycles. The van der Waals surface area contributed by atoms with Gasteiger partial charge in [-0.05, 0) is 31.2 Å². The van der Waals surface area contributed by atoms with Gasteiger partial charge in [0, 0.05) is 58.3 Å². The van der Waals surface area contributed by atoms with E-state index in [1.165, 1.54) is 23.4 Å². The van der Waals surface area contributed by atoms with E-state index in [1.807, 2.05) is 0 Å². The van der Waals surface area contributed by atoms with Crippen LogP contribution < -0.4 is 5.32 Å². The fourth-order valence-electron chi connectivity index (χ4n) is 3.62. The molecule has 9 nitrogen and oxygen atoms in total. The van der Waals surface area contributed by atoms with Gasteiger partial charge in [-0.15, -0.1) is 0 Å². The number of morpholine rings is 1. The molecular weight excluding hydrogens is 408 g/mol. The van der Waals surface area contributed by atoms with Crippen LogP contribution in [0.5, 0.6) is 0 Å². The van der Waals surface area contributed by atoms with Crippen molar-refractivity contribution in [3.63, 3.8) is 0 Å². The summed E-state index contributed by atoms with van der Waals surface area (Å²) in [6.07, 6.45) is 0.824. The summed E-state index contributed by atoms with van der Waals surface area (Å²) in [5, 5.41) is 2.87. The monoisotopic (exact) mass is 438 g/mol. The minimum Gasteiger partial charge on any atom is -0.379 e. The molecule has 1 aromatic carbocycles. The van der Waals surface area contributed by atoms with Crippen molar-refractivity contribution in [2.75, 3.05) is 65.6 Å². The molecule has 0 atom stereocenters. The number of piperazine rings is 1. The fraction of sp³-hybridized carbons (Fsp3) is 0.600. The quantitative estimate of drug-likeness (QED) is 0.602. The van der Waals surface area contributed by atoms with Gasteiger partial charge in [-0.3, -0.25) is 14.5 Å². The number of rotatable bonds is 7. The molecule has 1 N–H and O–H groups in total. The molecule has 2 fully saturated rings. The van der Waals surface area contributed by atoms with E-state index >= 15 is 0 Å². The van der Waals surface area contributed by atoms with Crippen molar-refractivity contribution < 1.29 is 22.7 Å². The van der Waals surface area contributed by atoms with Crippen LogP contribution >= 0.6 is 0 Å². The summed E-state index contributed by atoms with van der Waals surface area (Å²) < 4.78 is 32.6. The molecule has 30 heavy (non-hydrogen) atoms. The van der Waals surface area contributed by atoms with Gasteiger partial charge in [0.05, 0.1) is 18.1 Å². The van der Waals surface area contributed by atoms with E-state index in [-0.39, 0.29) is 29.8 Å². The summed E-state index contributed by atoms with van der Waals surface area (Å²) in [5.41, 5.74) is 0.324. The summed E-state index contributed by atoms with van der Waals surface area (Å²) in [4.78, 5) is 27.9. The molecule has 2 heterocycles. The van der Waals surface area contributed by atoms with E-state index in [9.17, 15) is 18.0 Å². The molecule has 0 saturated carbocycles. The highest BCUT2D eigenvalue weighted by Gasteiger charge is 2.29. The number of sulfonamides is 1. The van der Waals surface area contributed by atoms with Crippen LogP contribution in [-0.4, -0.2) is 99.9 Å². The largest absolute Gasteiger partial charge is 0.379 e. The summed E-state index contributed by atoms with van der Waals surface area (Å²) in [6, 6.07) is 6.12. The standard InChI is InChI=1S/C20H30N4O5S/c1-17(25)23-8-10-24(11-9-23)30(27,28)19-5-2-4-18(16-19)20(26)21-6-3-7-22-12-14-29-15-13-22/h2,4-5,16H,3,6-15H2,1H3,(H,21,26). The van der Waals surface area contributed by atoms with E-state index in [2.05, 4.69) is 10.2 Å². The fourth-order valence-corrected chi connectivity index (χ4v) is 5.09. The second-order valence-corrected chi connectivity index (χ2v) is 9.44. The number of hydrogen-bond acceptors (Lipinski definition) is 6.